The molecule has 0 radical (unpaired) electrons. The first-order valence-corrected chi connectivity index (χ1v) is 7.02. The van der Waals surface area contributed by atoms with Crippen LogP contribution in [0.2, 0.25) is 0 Å². The second kappa shape index (κ2) is 5.07. The molecule has 0 amide bonds. The summed E-state index contributed by atoms with van der Waals surface area (Å²) in [6.07, 6.45) is 4.73. The molecule has 1 unspecified atom stereocenters. The number of nitrogens with one attached hydrogen (secondary N) is 1. The fourth-order valence-electron chi connectivity index (χ4n) is 1.89. The van der Waals surface area contributed by atoms with Crippen LogP contribution in [0.1, 0.15) is 12.8 Å². The van der Waals surface area contributed by atoms with Gasteiger partial charge in [-0.15, -0.1) is 0 Å². The molecule has 0 spiro atoms. The molecular weight excluding hydrogens is 240 g/mol. The van der Waals surface area contributed by atoms with E-state index in [9.17, 15) is 8.42 Å². The number of aromatic nitrogens is 2. The molecule has 1 aliphatic heterocycles. The standard InChI is InChI=1S/C10H16N4O2S/c1-14(9-4-2-5-11-8-9)17(15,16)10-12-6-3-7-13-10/h3,6-7,9,11H,2,4-5,8H2,1H3. The molecule has 1 aromatic rings. The van der Waals surface area contributed by atoms with Crippen molar-refractivity contribution in [2.24, 2.45) is 0 Å². The van der Waals surface area contributed by atoms with Gasteiger partial charge in [-0.1, -0.05) is 0 Å². The van der Waals surface area contributed by atoms with Crippen molar-refractivity contribution in [3.63, 3.8) is 0 Å². The average Bonchev–Trinajstić information content (AvgIpc) is 2.40. The van der Waals surface area contributed by atoms with Crippen LogP contribution in [0.5, 0.6) is 0 Å². The summed E-state index contributed by atoms with van der Waals surface area (Å²) < 4.78 is 25.8. The first-order chi connectivity index (χ1) is 8.12. The van der Waals surface area contributed by atoms with Crippen LogP contribution in [-0.4, -0.2) is 48.9 Å². The fourth-order valence-corrected chi connectivity index (χ4v) is 3.11. The highest BCUT2D eigenvalue weighted by Gasteiger charge is 2.30. The maximum atomic E-state index is 12.2. The van der Waals surface area contributed by atoms with Crippen LogP contribution in [-0.2, 0) is 10.0 Å². The molecule has 0 saturated carbocycles. The van der Waals surface area contributed by atoms with E-state index >= 15 is 0 Å². The van der Waals surface area contributed by atoms with Crippen molar-refractivity contribution in [1.29, 1.82) is 0 Å². The molecule has 2 heterocycles. The van der Waals surface area contributed by atoms with Crippen LogP contribution in [0, 0.1) is 0 Å². The van der Waals surface area contributed by atoms with E-state index in [4.69, 9.17) is 0 Å². The van der Waals surface area contributed by atoms with E-state index < -0.39 is 10.0 Å². The molecule has 1 fully saturated rings. The van der Waals surface area contributed by atoms with Gasteiger partial charge in [0.2, 0.25) is 0 Å². The third-order valence-corrected chi connectivity index (χ3v) is 4.67. The van der Waals surface area contributed by atoms with E-state index in [2.05, 4.69) is 15.3 Å². The van der Waals surface area contributed by atoms with Gasteiger partial charge in [0.1, 0.15) is 0 Å². The normalized spacial score (nSPS) is 21.6. The first kappa shape index (κ1) is 12.4. The predicted molar refractivity (Wildman–Crippen MR) is 62.9 cm³/mol. The number of hydrogen-bond donors (Lipinski definition) is 1. The zero-order valence-electron chi connectivity index (χ0n) is 9.70. The van der Waals surface area contributed by atoms with Crippen molar-refractivity contribution in [2.45, 2.75) is 24.0 Å². The maximum absolute atomic E-state index is 12.2. The summed E-state index contributed by atoms with van der Waals surface area (Å²) in [4.78, 5) is 7.61. The Hall–Kier alpha value is -1.05. The van der Waals surface area contributed by atoms with Crippen molar-refractivity contribution in [1.82, 2.24) is 19.6 Å². The second-order valence-electron chi connectivity index (χ2n) is 4.05. The summed E-state index contributed by atoms with van der Waals surface area (Å²) >= 11 is 0. The Balaban J connectivity index is 2.20. The molecule has 1 atom stereocenters. The van der Waals surface area contributed by atoms with Crippen molar-refractivity contribution in [2.75, 3.05) is 20.1 Å². The Morgan fingerprint density at radius 1 is 1.41 bits per heavy atom. The number of rotatable bonds is 3. The number of hydrogen-bond acceptors (Lipinski definition) is 5. The Bertz CT molecular complexity index is 456. The minimum absolute atomic E-state index is 0.0162. The summed E-state index contributed by atoms with van der Waals surface area (Å²) in [5, 5.41) is 3.06. The number of sulfonamides is 1. The van der Waals surface area contributed by atoms with Gasteiger partial charge in [0.25, 0.3) is 15.2 Å². The summed E-state index contributed by atoms with van der Waals surface area (Å²) in [5.41, 5.74) is 0. The minimum Gasteiger partial charge on any atom is -0.315 e. The van der Waals surface area contributed by atoms with E-state index in [-0.39, 0.29) is 11.2 Å². The van der Waals surface area contributed by atoms with Gasteiger partial charge in [0, 0.05) is 32.0 Å². The van der Waals surface area contributed by atoms with Crippen LogP contribution in [0.15, 0.2) is 23.6 Å². The number of nitrogens with zero attached hydrogens (tertiary/aromatic N) is 3. The van der Waals surface area contributed by atoms with E-state index in [0.29, 0.717) is 6.54 Å². The summed E-state index contributed by atoms with van der Waals surface area (Å²) in [6, 6.07) is 1.58. The van der Waals surface area contributed by atoms with Crippen molar-refractivity contribution in [3.8, 4) is 0 Å². The van der Waals surface area contributed by atoms with Crippen molar-refractivity contribution < 1.29 is 8.42 Å². The number of likely N-dealkylation sites (N-methyl/N-ethyl adjacent to an activating group) is 1. The summed E-state index contributed by atoms with van der Waals surface area (Å²) in [5.74, 6) is 0. The van der Waals surface area contributed by atoms with Gasteiger partial charge >= 0.3 is 0 Å². The highest BCUT2D eigenvalue weighted by molar-refractivity contribution is 7.88. The van der Waals surface area contributed by atoms with E-state index in [1.54, 1.807) is 13.1 Å². The lowest BCUT2D eigenvalue weighted by Gasteiger charge is -2.30. The lowest BCUT2D eigenvalue weighted by atomic mass is 10.1. The molecule has 0 aromatic carbocycles. The Kier molecular flexibility index (Phi) is 3.70. The quantitative estimate of drug-likeness (QED) is 0.761. The number of piperidine rings is 1. The molecule has 0 bridgehead atoms. The van der Waals surface area contributed by atoms with Crippen molar-refractivity contribution >= 4 is 10.0 Å². The zero-order chi connectivity index (χ0) is 12.3. The summed E-state index contributed by atoms with van der Waals surface area (Å²) in [7, 11) is -1.98. The molecular formula is C10H16N4O2S. The second-order valence-corrected chi connectivity index (χ2v) is 5.94. The molecule has 1 N–H and O–H groups in total. The Morgan fingerprint density at radius 3 is 2.71 bits per heavy atom. The lowest BCUT2D eigenvalue weighted by Crippen LogP contribution is -2.46. The van der Waals surface area contributed by atoms with E-state index in [1.807, 2.05) is 0 Å². The Labute approximate surface area is 101 Å². The highest BCUT2D eigenvalue weighted by atomic mass is 32.2. The van der Waals surface area contributed by atoms with Gasteiger partial charge in [-0.25, -0.2) is 18.4 Å². The summed E-state index contributed by atoms with van der Waals surface area (Å²) in [6.45, 7) is 1.63. The molecule has 0 aliphatic carbocycles. The SMILES string of the molecule is CN(C1CCCNC1)S(=O)(=O)c1ncccn1. The van der Waals surface area contributed by atoms with Gasteiger partial charge in [-0.2, -0.15) is 4.31 Å². The topological polar surface area (TPSA) is 75.2 Å². The van der Waals surface area contributed by atoms with Crippen LogP contribution in [0.25, 0.3) is 0 Å². The van der Waals surface area contributed by atoms with Crippen molar-refractivity contribution in [3.05, 3.63) is 18.5 Å². The van der Waals surface area contributed by atoms with Gasteiger partial charge < -0.3 is 5.32 Å². The zero-order valence-corrected chi connectivity index (χ0v) is 10.5. The molecule has 2 rings (SSSR count). The molecule has 17 heavy (non-hydrogen) atoms. The van der Waals surface area contributed by atoms with E-state index in [0.717, 1.165) is 19.4 Å². The molecule has 1 aromatic heterocycles. The molecule has 7 heteroatoms. The fraction of sp³-hybridized carbons (Fsp3) is 0.600. The molecule has 1 saturated heterocycles. The van der Waals surface area contributed by atoms with Crippen LogP contribution in [0.3, 0.4) is 0 Å². The molecule has 94 valence electrons. The third kappa shape index (κ3) is 2.62. The highest BCUT2D eigenvalue weighted by Crippen LogP contribution is 2.16. The molecule has 6 nitrogen and oxygen atoms in total. The van der Waals surface area contributed by atoms with Crippen LogP contribution < -0.4 is 5.32 Å². The van der Waals surface area contributed by atoms with Crippen LogP contribution in [0.4, 0.5) is 0 Å². The van der Waals surface area contributed by atoms with E-state index in [1.165, 1.54) is 16.7 Å². The average molecular weight is 256 g/mol. The molecule has 1 aliphatic rings. The minimum atomic E-state index is -3.57. The Morgan fingerprint density at radius 2 is 2.12 bits per heavy atom. The van der Waals surface area contributed by atoms with Gasteiger partial charge in [0.05, 0.1) is 0 Å². The maximum Gasteiger partial charge on any atom is 0.278 e. The predicted octanol–water partition coefficient (Wildman–Crippen LogP) is -0.151. The van der Waals surface area contributed by atoms with Gasteiger partial charge in [0.15, 0.2) is 0 Å². The monoisotopic (exact) mass is 256 g/mol. The first-order valence-electron chi connectivity index (χ1n) is 5.58. The smallest absolute Gasteiger partial charge is 0.278 e. The lowest BCUT2D eigenvalue weighted by molar-refractivity contribution is 0.298. The van der Waals surface area contributed by atoms with Gasteiger partial charge in [-0.3, -0.25) is 0 Å². The third-order valence-electron chi connectivity index (χ3n) is 2.94. The largest absolute Gasteiger partial charge is 0.315 e. The van der Waals surface area contributed by atoms with Crippen LogP contribution >= 0.6 is 0 Å². The van der Waals surface area contributed by atoms with Gasteiger partial charge in [-0.05, 0) is 25.5 Å².